The first kappa shape index (κ1) is 16.8. The van der Waals surface area contributed by atoms with E-state index in [1.165, 1.54) is 5.56 Å². The molecule has 0 aromatic heterocycles. The van der Waals surface area contributed by atoms with Crippen molar-refractivity contribution >= 4 is 11.9 Å². The van der Waals surface area contributed by atoms with Crippen molar-refractivity contribution in [1.29, 1.82) is 0 Å². The van der Waals surface area contributed by atoms with E-state index < -0.39 is 0 Å². The number of carbonyl (C=O) groups is 1. The Hall–Kier alpha value is -2.55. The Bertz CT molecular complexity index is 697. The van der Waals surface area contributed by atoms with Gasteiger partial charge in [0.1, 0.15) is 0 Å². The molecule has 2 aromatic carbocycles. The molecule has 0 radical (unpaired) electrons. The van der Waals surface area contributed by atoms with Crippen molar-refractivity contribution in [2.75, 3.05) is 14.2 Å². The summed E-state index contributed by atoms with van der Waals surface area (Å²) in [6.07, 6.45) is 3.31. The van der Waals surface area contributed by atoms with Gasteiger partial charge in [-0.25, -0.2) is 0 Å². The third-order valence-electron chi connectivity index (χ3n) is 3.71. The lowest BCUT2D eigenvalue weighted by Crippen LogP contribution is -1.96. The highest BCUT2D eigenvalue weighted by molar-refractivity contribution is 6.07. The molecule has 0 N–H and O–H groups in total. The predicted molar refractivity (Wildman–Crippen MR) is 93.4 cm³/mol. The van der Waals surface area contributed by atoms with Crippen molar-refractivity contribution in [3.8, 4) is 11.5 Å². The molecule has 0 saturated carbocycles. The van der Waals surface area contributed by atoms with E-state index in [9.17, 15) is 4.79 Å². The van der Waals surface area contributed by atoms with Crippen LogP contribution in [0.4, 0.5) is 0 Å². The lowest BCUT2D eigenvalue weighted by Gasteiger charge is -2.09. The topological polar surface area (TPSA) is 35.5 Å². The van der Waals surface area contributed by atoms with E-state index in [2.05, 4.69) is 13.8 Å². The summed E-state index contributed by atoms with van der Waals surface area (Å²) in [6, 6.07) is 13.3. The fourth-order valence-corrected chi connectivity index (χ4v) is 2.34. The molecule has 0 saturated heterocycles. The Morgan fingerprint density at radius 1 is 1.00 bits per heavy atom. The summed E-state index contributed by atoms with van der Waals surface area (Å²) in [5.74, 6) is 1.68. The molecule has 0 aliphatic heterocycles. The average Bonchev–Trinajstić information content (AvgIpc) is 2.59. The quantitative estimate of drug-likeness (QED) is 0.572. The van der Waals surface area contributed by atoms with E-state index in [1.54, 1.807) is 26.4 Å². The number of methoxy groups -OCH3 is 2. The maximum absolute atomic E-state index is 12.3. The standard InChI is InChI=1S/C20H22O3/c1-14(2)15-8-10-16(11-9-15)18(21)13-12-17-6-5-7-19(22-3)20(17)23-4/h5-14H,1-4H3. The molecule has 0 aliphatic carbocycles. The second kappa shape index (κ2) is 7.63. The highest BCUT2D eigenvalue weighted by Gasteiger charge is 2.08. The van der Waals surface area contributed by atoms with Gasteiger partial charge in [-0.1, -0.05) is 50.2 Å². The number of benzene rings is 2. The first-order chi connectivity index (χ1) is 11.1. The summed E-state index contributed by atoms with van der Waals surface area (Å²) in [5.41, 5.74) is 2.70. The summed E-state index contributed by atoms with van der Waals surface area (Å²) in [4.78, 5) is 12.3. The molecule has 120 valence electrons. The Morgan fingerprint density at radius 2 is 1.70 bits per heavy atom. The maximum Gasteiger partial charge on any atom is 0.185 e. The molecule has 23 heavy (non-hydrogen) atoms. The number of carbonyl (C=O) groups excluding carboxylic acids is 1. The van der Waals surface area contributed by atoms with Gasteiger partial charge in [-0.05, 0) is 29.7 Å². The minimum absolute atomic E-state index is 0.0369. The van der Waals surface area contributed by atoms with Crippen molar-refractivity contribution in [3.05, 3.63) is 65.2 Å². The number of hydrogen-bond acceptors (Lipinski definition) is 3. The molecule has 0 bridgehead atoms. The average molecular weight is 310 g/mol. The first-order valence-electron chi connectivity index (χ1n) is 7.60. The van der Waals surface area contributed by atoms with Crippen LogP contribution in [0.25, 0.3) is 6.08 Å². The number of para-hydroxylation sites is 1. The fourth-order valence-electron chi connectivity index (χ4n) is 2.34. The van der Waals surface area contributed by atoms with Gasteiger partial charge in [-0.3, -0.25) is 4.79 Å². The van der Waals surface area contributed by atoms with Crippen molar-refractivity contribution in [2.45, 2.75) is 19.8 Å². The van der Waals surface area contributed by atoms with Crippen LogP contribution in [0.15, 0.2) is 48.5 Å². The summed E-state index contributed by atoms with van der Waals surface area (Å²) >= 11 is 0. The highest BCUT2D eigenvalue weighted by atomic mass is 16.5. The first-order valence-corrected chi connectivity index (χ1v) is 7.60. The Labute approximate surface area is 137 Å². The van der Waals surface area contributed by atoms with E-state index >= 15 is 0 Å². The molecule has 0 heterocycles. The molecule has 3 nitrogen and oxygen atoms in total. The molecule has 0 amide bonds. The third kappa shape index (κ3) is 4.01. The zero-order valence-electron chi connectivity index (χ0n) is 14.0. The van der Waals surface area contributed by atoms with Crippen LogP contribution in [0, 0.1) is 0 Å². The second-order valence-electron chi connectivity index (χ2n) is 5.56. The van der Waals surface area contributed by atoms with Crippen LogP contribution in [0.3, 0.4) is 0 Å². The van der Waals surface area contributed by atoms with Gasteiger partial charge in [-0.15, -0.1) is 0 Å². The van der Waals surface area contributed by atoms with Crippen molar-refractivity contribution in [3.63, 3.8) is 0 Å². The molecular formula is C20H22O3. The van der Waals surface area contributed by atoms with Gasteiger partial charge in [0.15, 0.2) is 17.3 Å². The zero-order valence-corrected chi connectivity index (χ0v) is 14.0. The molecule has 0 spiro atoms. The summed E-state index contributed by atoms with van der Waals surface area (Å²) in [7, 11) is 3.18. The number of allylic oxidation sites excluding steroid dienone is 1. The predicted octanol–water partition coefficient (Wildman–Crippen LogP) is 4.72. The minimum atomic E-state index is -0.0369. The van der Waals surface area contributed by atoms with Crippen LogP contribution >= 0.6 is 0 Å². The minimum Gasteiger partial charge on any atom is -0.493 e. The third-order valence-corrected chi connectivity index (χ3v) is 3.71. The van der Waals surface area contributed by atoms with E-state index in [-0.39, 0.29) is 5.78 Å². The van der Waals surface area contributed by atoms with Gasteiger partial charge in [0.05, 0.1) is 14.2 Å². The van der Waals surface area contributed by atoms with Gasteiger partial charge >= 0.3 is 0 Å². The van der Waals surface area contributed by atoms with Crippen LogP contribution in [0.2, 0.25) is 0 Å². The Kier molecular flexibility index (Phi) is 5.58. The molecule has 3 heteroatoms. The second-order valence-corrected chi connectivity index (χ2v) is 5.56. The van der Waals surface area contributed by atoms with Crippen molar-refractivity contribution in [1.82, 2.24) is 0 Å². The SMILES string of the molecule is COc1cccc(C=CC(=O)c2ccc(C(C)C)cc2)c1OC. The smallest absolute Gasteiger partial charge is 0.185 e. The van der Waals surface area contributed by atoms with Crippen molar-refractivity contribution in [2.24, 2.45) is 0 Å². The Balaban J connectivity index is 2.21. The summed E-state index contributed by atoms with van der Waals surface area (Å²) in [5, 5.41) is 0. The van der Waals surface area contributed by atoms with Gasteiger partial charge < -0.3 is 9.47 Å². The van der Waals surface area contributed by atoms with Crippen LogP contribution < -0.4 is 9.47 Å². The van der Waals surface area contributed by atoms with Gasteiger partial charge in [0.25, 0.3) is 0 Å². The molecule has 2 rings (SSSR count). The molecule has 2 aromatic rings. The fraction of sp³-hybridized carbons (Fsp3) is 0.250. The lowest BCUT2D eigenvalue weighted by molar-refractivity contribution is 0.104. The van der Waals surface area contributed by atoms with Gasteiger partial charge in [0.2, 0.25) is 0 Å². The molecule has 0 unspecified atom stereocenters. The number of ether oxygens (including phenoxy) is 2. The van der Waals surface area contributed by atoms with E-state index in [0.29, 0.717) is 23.0 Å². The van der Waals surface area contributed by atoms with E-state index in [0.717, 1.165) is 5.56 Å². The van der Waals surface area contributed by atoms with Crippen LogP contribution in [-0.2, 0) is 0 Å². The highest BCUT2D eigenvalue weighted by Crippen LogP contribution is 2.31. The largest absolute Gasteiger partial charge is 0.493 e. The van der Waals surface area contributed by atoms with Crippen LogP contribution in [0.1, 0.15) is 41.3 Å². The lowest BCUT2D eigenvalue weighted by atomic mass is 10.0. The normalized spacial score (nSPS) is 11.0. The molecule has 0 fully saturated rings. The molecular weight excluding hydrogens is 288 g/mol. The van der Waals surface area contributed by atoms with E-state index in [4.69, 9.17) is 9.47 Å². The summed E-state index contributed by atoms with van der Waals surface area (Å²) in [6.45, 7) is 4.26. The zero-order chi connectivity index (χ0) is 16.8. The monoisotopic (exact) mass is 310 g/mol. The number of ketones is 1. The van der Waals surface area contributed by atoms with Crippen LogP contribution in [0.5, 0.6) is 11.5 Å². The van der Waals surface area contributed by atoms with Crippen molar-refractivity contribution < 1.29 is 14.3 Å². The number of rotatable bonds is 6. The Morgan fingerprint density at radius 3 is 2.26 bits per heavy atom. The number of hydrogen-bond donors (Lipinski definition) is 0. The van der Waals surface area contributed by atoms with Gasteiger partial charge in [-0.2, -0.15) is 0 Å². The van der Waals surface area contributed by atoms with Crippen LogP contribution in [-0.4, -0.2) is 20.0 Å². The molecule has 0 aliphatic rings. The molecule has 0 atom stereocenters. The maximum atomic E-state index is 12.3. The summed E-state index contributed by atoms with van der Waals surface area (Å²) < 4.78 is 10.6. The van der Waals surface area contributed by atoms with Gasteiger partial charge in [0, 0.05) is 11.1 Å². The van der Waals surface area contributed by atoms with E-state index in [1.807, 2.05) is 42.5 Å².